The Bertz CT molecular complexity index is 563. The zero-order valence-corrected chi connectivity index (χ0v) is 11.0. The van der Waals surface area contributed by atoms with Gasteiger partial charge in [-0.25, -0.2) is 0 Å². The van der Waals surface area contributed by atoms with E-state index in [1.165, 1.54) is 12.1 Å². The number of benzene rings is 1. The highest BCUT2D eigenvalue weighted by Gasteiger charge is 2.34. The minimum absolute atomic E-state index is 0.0344. The summed E-state index contributed by atoms with van der Waals surface area (Å²) in [6.45, 7) is 0. The number of nitrogens with zero attached hydrogens (tertiary/aromatic N) is 3. The molecule has 0 unspecified atom stereocenters. The number of hydrogen-bond donors (Lipinski definition) is 0. The molecule has 1 heterocycles. The van der Waals surface area contributed by atoms with Crippen LogP contribution in [0.15, 0.2) is 24.3 Å². The van der Waals surface area contributed by atoms with Crippen LogP contribution >= 0.6 is 15.9 Å². The lowest BCUT2D eigenvalue weighted by Gasteiger charge is -2.11. The topological polar surface area (TPSA) is 30.7 Å². The molecule has 0 aliphatic rings. The molecule has 1 aromatic carbocycles. The molecule has 0 saturated heterocycles. The van der Waals surface area contributed by atoms with Gasteiger partial charge in [0, 0.05) is 12.6 Å². The first kappa shape index (κ1) is 13.1. The molecule has 0 saturated carbocycles. The quantitative estimate of drug-likeness (QED) is 0.794. The number of aromatic nitrogens is 3. The second-order valence-corrected chi connectivity index (χ2v) is 4.24. The molecule has 3 nitrogen and oxygen atoms in total. The fourth-order valence-electron chi connectivity index (χ4n) is 1.64. The summed E-state index contributed by atoms with van der Waals surface area (Å²) < 4.78 is 40.2. The first-order chi connectivity index (χ1) is 8.45. The van der Waals surface area contributed by atoms with E-state index in [9.17, 15) is 13.2 Å². The maximum Gasteiger partial charge on any atom is 0.417 e. The lowest BCUT2D eigenvalue weighted by Crippen LogP contribution is -2.08. The fraction of sp³-hybridized carbons (Fsp3) is 0.273. The van der Waals surface area contributed by atoms with Gasteiger partial charge in [-0.3, -0.25) is 0 Å². The molecule has 0 N–H and O–H groups in total. The molecule has 0 spiro atoms. The van der Waals surface area contributed by atoms with Gasteiger partial charge in [-0.2, -0.15) is 13.2 Å². The van der Waals surface area contributed by atoms with E-state index < -0.39 is 11.7 Å². The lowest BCUT2D eigenvalue weighted by molar-refractivity contribution is -0.137. The summed E-state index contributed by atoms with van der Waals surface area (Å²) in [5.74, 6) is 0.777. The van der Waals surface area contributed by atoms with Crippen molar-refractivity contribution in [2.45, 2.75) is 11.5 Å². The summed E-state index contributed by atoms with van der Waals surface area (Å²) in [5, 5.41) is 8.08. The minimum atomic E-state index is -4.41. The molecule has 96 valence electrons. The lowest BCUT2D eigenvalue weighted by atomic mass is 10.1. The van der Waals surface area contributed by atoms with E-state index in [4.69, 9.17) is 0 Å². The Morgan fingerprint density at radius 2 is 1.89 bits per heavy atom. The minimum Gasteiger partial charge on any atom is -0.313 e. The highest BCUT2D eigenvalue weighted by molar-refractivity contribution is 9.08. The van der Waals surface area contributed by atoms with Gasteiger partial charge in [0.15, 0.2) is 5.82 Å². The highest BCUT2D eigenvalue weighted by atomic mass is 79.9. The monoisotopic (exact) mass is 319 g/mol. The smallest absolute Gasteiger partial charge is 0.313 e. The summed E-state index contributed by atoms with van der Waals surface area (Å²) in [7, 11) is 1.64. The molecule has 0 radical (unpaired) electrons. The van der Waals surface area contributed by atoms with Crippen molar-refractivity contribution in [2.24, 2.45) is 7.05 Å². The Morgan fingerprint density at radius 3 is 2.44 bits per heavy atom. The van der Waals surface area contributed by atoms with Crippen LogP contribution in [0.5, 0.6) is 0 Å². The van der Waals surface area contributed by atoms with Crippen LogP contribution in [0.25, 0.3) is 11.4 Å². The largest absolute Gasteiger partial charge is 0.417 e. The first-order valence-corrected chi connectivity index (χ1v) is 6.18. The van der Waals surface area contributed by atoms with Crippen molar-refractivity contribution in [2.75, 3.05) is 0 Å². The zero-order chi connectivity index (χ0) is 13.3. The van der Waals surface area contributed by atoms with E-state index in [1.54, 1.807) is 17.7 Å². The van der Waals surface area contributed by atoms with Gasteiger partial charge < -0.3 is 4.57 Å². The Kier molecular flexibility index (Phi) is 3.43. The van der Waals surface area contributed by atoms with Crippen LogP contribution in [-0.2, 0) is 18.6 Å². The van der Waals surface area contributed by atoms with E-state index in [1.807, 2.05) is 0 Å². The van der Waals surface area contributed by atoms with Crippen molar-refractivity contribution in [3.63, 3.8) is 0 Å². The summed E-state index contributed by atoms with van der Waals surface area (Å²) in [6, 6.07) is 5.34. The van der Waals surface area contributed by atoms with Crippen LogP contribution in [0, 0.1) is 0 Å². The average molecular weight is 320 g/mol. The Hall–Kier alpha value is -1.37. The van der Waals surface area contributed by atoms with Gasteiger partial charge in [0.05, 0.1) is 10.9 Å². The molecule has 1 aromatic heterocycles. The van der Waals surface area contributed by atoms with E-state index in [0.717, 1.165) is 6.07 Å². The molecular weight excluding hydrogens is 311 g/mol. The van der Waals surface area contributed by atoms with Gasteiger partial charge in [0.1, 0.15) is 5.82 Å². The Labute approximate surface area is 110 Å². The second-order valence-electron chi connectivity index (χ2n) is 3.68. The van der Waals surface area contributed by atoms with Crippen LogP contribution < -0.4 is 0 Å². The van der Waals surface area contributed by atoms with Gasteiger partial charge >= 0.3 is 6.18 Å². The van der Waals surface area contributed by atoms with Crippen molar-refractivity contribution >= 4 is 15.9 Å². The molecule has 7 heteroatoms. The maximum absolute atomic E-state index is 12.9. The van der Waals surface area contributed by atoms with E-state index in [2.05, 4.69) is 26.1 Å². The van der Waals surface area contributed by atoms with Crippen LogP contribution in [0.3, 0.4) is 0 Å². The van der Waals surface area contributed by atoms with Crippen LogP contribution in [0.2, 0.25) is 0 Å². The van der Waals surface area contributed by atoms with Crippen molar-refractivity contribution in [3.05, 3.63) is 35.7 Å². The van der Waals surface area contributed by atoms with E-state index in [0.29, 0.717) is 11.2 Å². The summed E-state index contributed by atoms with van der Waals surface area (Å²) >= 11 is 3.21. The number of hydrogen-bond acceptors (Lipinski definition) is 2. The van der Waals surface area contributed by atoms with Gasteiger partial charge in [-0.15, -0.1) is 10.2 Å². The molecule has 0 aliphatic carbocycles. The predicted molar refractivity (Wildman–Crippen MR) is 64.1 cm³/mol. The standard InChI is InChI=1S/C11H9BrF3N3/c1-18-9(6-12)16-17-10(18)7-4-2-3-5-8(7)11(13,14)15/h2-5H,6H2,1H3. The molecule has 18 heavy (non-hydrogen) atoms. The van der Waals surface area contributed by atoms with Crippen LogP contribution in [0.4, 0.5) is 13.2 Å². The van der Waals surface area contributed by atoms with Gasteiger partial charge in [0.2, 0.25) is 0 Å². The summed E-state index contributed by atoms with van der Waals surface area (Å²) in [5.41, 5.74) is -0.672. The van der Waals surface area contributed by atoms with Crippen molar-refractivity contribution in [1.29, 1.82) is 0 Å². The number of rotatable bonds is 2. The van der Waals surface area contributed by atoms with Gasteiger partial charge in [0.25, 0.3) is 0 Å². The predicted octanol–water partition coefficient (Wildman–Crippen LogP) is 3.40. The van der Waals surface area contributed by atoms with Crippen LogP contribution in [0.1, 0.15) is 11.4 Å². The normalized spacial score (nSPS) is 11.8. The third-order valence-electron chi connectivity index (χ3n) is 2.56. The van der Waals surface area contributed by atoms with Crippen molar-refractivity contribution in [1.82, 2.24) is 14.8 Å². The van der Waals surface area contributed by atoms with Crippen molar-refractivity contribution in [3.8, 4) is 11.4 Å². The van der Waals surface area contributed by atoms with Gasteiger partial charge in [-0.05, 0) is 6.07 Å². The summed E-state index contributed by atoms with van der Waals surface area (Å²) in [4.78, 5) is 0. The van der Waals surface area contributed by atoms with Gasteiger partial charge in [-0.1, -0.05) is 34.1 Å². The maximum atomic E-state index is 12.9. The molecule has 0 aliphatic heterocycles. The van der Waals surface area contributed by atoms with E-state index >= 15 is 0 Å². The highest BCUT2D eigenvalue weighted by Crippen LogP contribution is 2.36. The molecule has 0 bridgehead atoms. The fourth-order valence-corrected chi connectivity index (χ4v) is 2.13. The zero-order valence-electron chi connectivity index (χ0n) is 9.37. The average Bonchev–Trinajstić information content (AvgIpc) is 2.69. The molecule has 2 rings (SSSR count). The third-order valence-corrected chi connectivity index (χ3v) is 3.06. The number of halogens is 4. The second kappa shape index (κ2) is 4.72. The Morgan fingerprint density at radius 1 is 1.22 bits per heavy atom. The van der Waals surface area contributed by atoms with Crippen molar-refractivity contribution < 1.29 is 13.2 Å². The van der Waals surface area contributed by atoms with E-state index in [-0.39, 0.29) is 11.4 Å². The van der Waals surface area contributed by atoms with Crippen LogP contribution in [-0.4, -0.2) is 14.8 Å². The molecule has 0 amide bonds. The first-order valence-electron chi connectivity index (χ1n) is 5.06. The molecule has 0 fully saturated rings. The Balaban J connectivity index is 2.61. The third kappa shape index (κ3) is 2.27. The number of alkyl halides is 4. The molecular formula is C11H9BrF3N3. The SMILES string of the molecule is Cn1c(CBr)nnc1-c1ccccc1C(F)(F)F. The molecule has 0 atom stereocenters. The summed E-state index contributed by atoms with van der Waals surface area (Å²) in [6.07, 6.45) is -4.41. The molecule has 2 aromatic rings.